The average Bonchev–Trinajstić information content (AvgIpc) is 2.08. The Hall–Kier alpha value is -1.29. The summed E-state index contributed by atoms with van der Waals surface area (Å²) in [6.07, 6.45) is 7.29. The van der Waals surface area contributed by atoms with Gasteiger partial charge in [0.05, 0.1) is 6.21 Å². The standard InChI is InChI=1S/C8H11ClN4/c9-7-4-2-1-3-6(7)5-12-13-8(10)11/h1,3,5H,2,4H2,(H4,10,11,13)/b12-5+. The molecule has 0 saturated heterocycles. The van der Waals surface area contributed by atoms with Crippen LogP contribution in [0.25, 0.3) is 0 Å². The largest absolute Gasteiger partial charge is 0.369 e. The summed E-state index contributed by atoms with van der Waals surface area (Å²) in [5, 5.41) is 7.92. The van der Waals surface area contributed by atoms with Crippen molar-refractivity contribution in [2.75, 3.05) is 0 Å². The molecule has 5 heteroatoms. The summed E-state index contributed by atoms with van der Waals surface area (Å²) in [7, 11) is 0. The lowest BCUT2D eigenvalue weighted by molar-refractivity contribution is 1.01. The Morgan fingerprint density at radius 2 is 2.31 bits per heavy atom. The molecule has 0 aromatic rings. The molecule has 1 aliphatic rings. The van der Waals surface area contributed by atoms with Crippen LogP contribution in [-0.4, -0.2) is 12.2 Å². The molecule has 0 aromatic carbocycles. The van der Waals surface area contributed by atoms with Crippen LogP contribution in [0.1, 0.15) is 12.8 Å². The molecule has 0 fully saturated rings. The Kier molecular flexibility index (Phi) is 3.52. The van der Waals surface area contributed by atoms with Gasteiger partial charge in [-0.25, -0.2) is 0 Å². The van der Waals surface area contributed by atoms with Gasteiger partial charge in [0.2, 0.25) is 5.96 Å². The summed E-state index contributed by atoms with van der Waals surface area (Å²) in [6, 6.07) is 0. The molecule has 1 aliphatic carbocycles. The molecular weight excluding hydrogens is 188 g/mol. The molecule has 13 heavy (non-hydrogen) atoms. The Morgan fingerprint density at radius 1 is 1.54 bits per heavy atom. The van der Waals surface area contributed by atoms with E-state index in [9.17, 15) is 0 Å². The average molecular weight is 199 g/mol. The molecule has 1 rings (SSSR count). The molecule has 0 spiro atoms. The Labute approximate surface area is 81.7 Å². The van der Waals surface area contributed by atoms with E-state index >= 15 is 0 Å². The van der Waals surface area contributed by atoms with Gasteiger partial charge in [-0.15, -0.1) is 5.10 Å². The van der Waals surface area contributed by atoms with Crippen molar-refractivity contribution >= 4 is 23.8 Å². The van der Waals surface area contributed by atoms with E-state index in [1.807, 2.05) is 12.2 Å². The number of guanidine groups is 1. The second kappa shape index (κ2) is 4.67. The lowest BCUT2D eigenvalue weighted by Gasteiger charge is -2.04. The van der Waals surface area contributed by atoms with Gasteiger partial charge < -0.3 is 11.5 Å². The van der Waals surface area contributed by atoms with Crippen molar-refractivity contribution in [3.63, 3.8) is 0 Å². The molecule has 4 nitrogen and oxygen atoms in total. The monoisotopic (exact) mass is 198 g/mol. The molecule has 0 aliphatic heterocycles. The minimum atomic E-state index is -0.0623. The summed E-state index contributed by atoms with van der Waals surface area (Å²) in [5.41, 5.74) is 11.0. The van der Waals surface area contributed by atoms with Crippen LogP contribution in [-0.2, 0) is 0 Å². The van der Waals surface area contributed by atoms with Crippen molar-refractivity contribution in [1.29, 1.82) is 0 Å². The first-order valence-electron chi connectivity index (χ1n) is 3.87. The van der Waals surface area contributed by atoms with E-state index in [-0.39, 0.29) is 5.96 Å². The van der Waals surface area contributed by atoms with Crippen LogP contribution in [0.3, 0.4) is 0 Å². The fraction of sp³-hybridized carbons (Fsp3) is 0.250. The van der Waals surface area contributed by atoms with E-state index in [1.54, 1.807) is 0 Å². The van der Waals surface area contributed by atoms with E-state index in [1.165, 1.54) is 6.21 Å². The molecule has 0 radical (unpaired) electrons. The number of nitrogens with zero attached hydrogens (tertiary/aromatic N) is 2. The van der Waals surface area contributed by atoms with Crippen LogP contribution in [0, 0.1) is 0 Å². The summed E-state index contributed by atoms with van der Waals surface area (Å²) in [4.78, 5) is 0. The molecule has 0 aromatic heterocycles. The van der Waals surface area contributed by atoms with Gasteiger partial charge in [0.1, 0.15) is 0 Å². The van der Waals surface area contributed by atoms with Gasteiger partial charge >= 0.3 is 0 Å². The van der Waals surface area contributed by atoms with Gasteiger partial charge in [0, 0.05) is 10.6 Å². The second-order valence-electron chi connectivity index (χ2n) is 2.57. The SMILES string of the molecule is NC(N)=N/N=C/C1=C(Cl)CCC=C1. The maximum Gasteiger partial charge on any atom is 0.211 e. The summed E-state index contributed by atoms with van der Waals surface area (Å²) < 4.78 is 0. The lowest BCUT2D eigenvalue weighted by Crippen LogP contribution is -2.21. The summed E-state index contributed by atoms with van der Waals surface area (Å²) >= 11 is 5.92. The number of halogens is 1. The van der Waals surface area contributed by atoms with Crippen molar-refractivity contribution in [2.45, 2.75) is 12.8 Å². The van der Waals surface area contributed by atoms with Gasteiger partial charge in [-0.1, -0.05) is 23.8 Å². The van der Waals surface area contributed by atoms with E-state index < -0.39 is 0 Å². The van der Waals surface area contributed by atoms with Crippen LogP contribution in [0.15, 0.2) is 33.0 Å². The van der Waals surface area contributed by atoms with Gasteiger partial charge in [0.25, 0.3) is 0 Å². The fourth-order valence-electron chi connectivity index (χ4n) is 0.926. The minimum absolute atomic E-state index is 0.0623. The molecular formula is C8H11ClN4. The molecule has 0 saturated carbocycles. The third-order valence-electron chi connectivity index (χ3n) is 1.51. The summed E-state index contributed by atoms with van der Waals surface area (Å²) in [6.45, 7) is 0. The third kappa shape index (κ3) is 3.29. The lowest BCUT2D eigenvalue weighted by atomic mass is 10.1. The normalized spacial score (nSPS) is 16.7. The van der Waals surface area contributed by atoms with Crippen LogP contribution in [0.5, 0.6) is 0 Å². The van der Waals surface area contributed by atoms with Gasteiger partial charge in [-0.05, 0) is 12.8 Å². The molecule has 0 atom stereocenters. The Balaban J connectivity index is 2.68. The van der Waals surface area contributed by atoms with Crippen molar-refractivity contribution in [2.24, 2.45) is 21.7 Å². The number of hydrogen-bond donors (Lipinski definition) is 2. The zero-order valence-corrected chi connectivity index (χ0v) is 7.83. The van der Waals surface area contributed by atoms with Crippen molar-refractivity contribution < 1.29 is 0 Å². The molecule has 4 N–H and O–H groups in total. The first-order valence-corrected chi connectivity index (χ1v) is 4.25. The van der Waals surface area contributed by atoms with E-state index in [0.29, 0.717) is 0 Å². The number of hydrogen-bond acceptors (Lipinski definition) is 2. The van der Waals surface area contributed by atoms with Crippen LogP contribution in [0.2, 0.25) is 0 Å². The van der Waals surface area contributed by atoms with E-state index in [2.05, 4.69) is 10.2 Å². The van der Waals surface area contributed by atoms with E-state index in [0.717, 1.165) is 23.4 Å². The molecule has 0 amide bonds. The zero-order chi connectivity index (χ0) is 9.68. The number of nitrogens with two attached hydrogens (primary N) is 2. The second-order valence-corrected chi connectivity index (χ2v) is 3.03. The highest BCUT2D eigenvalue weighted by Gasteiger charge is 2.02. The molecule has 0 bridgehead atoms. The fourth-order valence-corrected chi connectivity index (χ4v) is 1.15. The molecule has 70 valence electrons. The van der Waals surface area contributed by atoms with Crippen LogP contribution < -0.4 is 11.5 Å². The quantitative estimate of drug-likeness (QED) is 0.396. The van der Waals surface area contributed by atoms with Gasteiger partial charge in [0.15, 0.2) is 0 Å². The highest BCUT2D eigenvalue weighted by atomic mass is 35.5. The molecule has 0 unspecified atom stereocenters. The highest BCUT2D eigenvalue weighted by Crippen LogP contribution is 2.20. The van der Waals surface area contributed by atoms with E-state index in [4.69, 9.17) is 23.1 Å². The zero-order valence-electron chi connectivity index (χ0n) is 7.07. The first-order chi connectivity index (χ1) is 6.20. The molecule has 0 heterocycles. The summed E-state index contributed by atoms with van der Waals surface area (Å²) in [5.74, 6) is -0.0623. The van der Waals surface area contributed by atoms with Gasteiger partial charge in [-0.3, -0.25) is 0 Å². The predicted molar refractivity (Wildman–Crippen MR) is 55.6 cm³/mol. The maximum atomic E-state index is 5.92. The highest BCUT2D eigenvalue weighted by molar-refractivity contribution is 6.31. The third-order valence-corrected chi connectivity index (χ3v) is 1.92. The van der Waals surface area contributed by atoms with Crippen LogP contribution >= 0.6 is 11.6 Å². The smallest absolute Gasteiger partial charge is 0.211 e. The maximum absolute atomic E-state index is 5.92. The predicted octanol–water partition coefficient (Wildman–Crippen LogP) is 1.09. The van der Waals surface area contributed by atoms with Crippen molar-refractivity contribution in [1.82, 2.24) is 0 Å². The Bertz CT molecular complexity index is 297. The number of rotatable bonds is 2. The minimum Gasteiger partial charge on any atom is -0.369 e. The topological polar surface area (TPSA) is 76.8 Å². The van der Waals surface area contributed by atoms with Gasteiger partial charge in [-0.2, -0.15) is 5.10 Å². The Morgan fingerprint density at radius 3 is 2.92 bits per heavy atom. The van der Waals surface area contributed by atoms with Crippen molar-refractivity contribution in [3.8, 4) is 0 Å². The van der Waals surface area contributed by atoms with Crippen molar-refractivity contribution in [3.05, 3.63) is 22.8 Å². The number of allylic oxidation sites excluding steroid dienone is 4. The first kappa shape index (κ1) is 9.80. The van der Waals surface area contributed by atoms with Crippen LogP contribution in [0.4, 0.5) is 0 Å².